The minimum Gasteiger partial charge on any atom is -0.356 e. The molecule has 1 aliphatic rings. The Morgan fingerprint density at radius 2 is 2.24 bits per heavy atom. The lowest BCUT2D eigenvalue weighted by atomic mass is 10.0. The number of hydrogen-bond acceptors (Lipinski definition) is 6. The molecule has 29 heavy (non-hydrogen) atoms. The quantitative estimate of drug-likeness (QED) is 0.538. The summed E-state index contributed by atoms with van der Waals surface area (Å²) in [6, 6.07) is 7.77. The SMILES string of the molecule is C#Cc1cnc(C[C@@H]2CCN(c3nccc4cc(NC(=O)C=C)ccc34)C2)nn1. The predicted octanol–water partition coefficient (Wildman–Crippen LogP) is 2.59. The number of terminal acetylenes is 1. The second-order valence-corrected chi connectivity index (χ2v) is 6.97. The van der Waals surface area contributed by atoms with E-state index < -0.39 is 0 Å². The summed E-state index contributed by atoms with van der Waals surface area (Å²) in [6.45, 7) is 5.28. The number of amides is 1. The minimum absolute atomic E-state index is 0.229. The summed E-state index contributed by atoms with van der Waals surface area (Å²) < 4.78 is 0. The van der Waals surface area contributed by atoms with E-state index in [9.17, 15) is 4.79 Å². The monoisotopic (exact) mass is 384 g/mol. The topological polar surface area (TPSA) is 83.9 Å². The molecule has 144 valence electrons. The van der Waals surface area contributed by atoms with E-state index in [2.05, 4.69) is 42.9 Å². The van der Waals surface area contributed by atoms with Crippen molar-refractivity contribution in [3.63, 3.8) is 0 Å². The van der Waals surface area contributed by atoms with Crippen molar-refractivity contribution in [1.29, 1.82) is 0 Å². The van der Waals surface area contributed by atoms with Crippen LogP contribution in [0.3, 0.4) is 0 Å². The molecule has 0 bridgehead atoms. The number of hydrogen-bond donors (Lipinski definition) is 1. The Balaban J connectivity index is 1.50. The van der Waals surface area contributed by atoms with Crippen LogP contribution in [-0.4, -0.2) is 39.2 Å². The molecule has 1 aliphatic heterocycles. The van der Waals surface area contributed by atoms with Gasteiger partial charge in [0.1, 0.15) is 5.82 Å². The van der Waals surface area contributed by atoms with Crippen LogP contribution < -0.4 is 10.2 Å². The predicted molar refractivity (Wildman–Crippen MR) is 112 cm³/mol. The van der Waals surface area contributed by atoms with E-state index >= 15 is 0 Å². The van der Waals surface area contributed by atoms with E-state index in [0.29, 0.717) is 17.4 Å². The van der Waals surface area contributed by atoms with Crippen LogP contribution in [0.15, 0.2) is 49.3 Å². The summed E-state index contributed by atoms with van der Waals surface area (Å²) in [5.74, 6) is 4.29. The van der Waals surface area contributed by atoms with Crippen molar-refractivity contribution in [3.8, 4) is 12.3 Å². The van der Waals surface area contributed by atoms with Gasteiger partial charge < -0.3 is 10.2 Å². The summed E-state index contributed by atoms with van der Waals surface area (Å²) in [7, 11) is 0. The molecule has 1 saturated heterocycles. The summed E-state index contributed by atoms with van der Waals surface area (Å²) in [5.41, 5.74) is 1.18. The maximum Gasteiger partial charge on any atom is 0.247 e. The molecule has 7 heteroatoms. The maximum atomic E-state index is 11.5. The van der Waals surface area contributed by atoms with Gasteiger partial charge in [0, 0.05) is 36.8 Å². The highest BCUT2D eigenvalue weighted by atomic mass is 16.1. The first kappa shape index (κ1) is 18.6. The second kappa shape index (κ2) is 8.07. The number of pyridine rings is 1. The fourth-order valence-electron chi connectivity index (χ4n) is 3.59. The molecule has 1 atom stereocenters. The number of rotatable bonds is 5. The van der Waals surface area contributed by atoms with E-state index in [1.165, 1.54) is 6.08 Å². The molecule has 0 aliphatic carbocycles. The summed E-state index contributed by atoms with van der Waals surface area (Å²) in [5, 5.41) is 13.0. The Hall–Kier alpha value is -3.79. The Labute approximate surface area is 168 Å². The largest absolute Gasteiger partial charge is 0.356 e. The van der Waals surface area contributed by atoms with Gasteiger partial charge in [0.25, 0.3) is 0 Å². The lowest BCUT2D eigenvalue weighted by molar-refractivity contribution is -0.111. The minimum atomic E-state index is -0.229. The van der Waals surface area contributed by atoms with E-state index in [1.807, 2.05) is 24.3 Å². The third-order valence-corrected chi connectivity index (χ3v) is 5.01. The molecule has 1 N–H and O–H groups in total. The fourth-order valence-corrected chi connectivity index (χ4v) is 3.59. The van der Waals surface area contributed by atoms with Crippen molar-refractivity contribution in [2.45, 2.75) is 12.8 Å². The van der Waals surface area contributed by atoms with Crippen molar-refractivity contribution < 1.29 is 4.79 Å². The smallest absolute Gasteiger partial charge is 0.247 e. The van der Waals surface area contributed by atoms with E-state index in [4.69, 9.17) is 6.42 Å². The van der Waals surface area contributed by atoms with Crippen molar-refractivity contribution in [1.82, 2.24) is 20.2 Å². The van der Waals surface area contributed by atoms with Crippen molar-refractivity contribution >= 4 is 28.2 Å². The van der Waals surface area contributed by atoms with Gasteiger partial charge in [-0.1, -0.05) is 6.58 Å². The van der Waals surface area contributed by atoms with Gasteiger partial charge in [0.2, 0.25) is 5.91 Å². The van der Waals surface area contributed by atoms with Crippen LogP contribution >= 0.6 is 0 Å². The Morgan fingerprint density at radius 3 is 3.00 bits per heavy atom. The zero-order valence-electron chi connectivity index (χ0n) is 15.9. The van der Waals surface area contributed by atoms with Crippen molar-refractivity contribution in [2.24, 2.45) is 5.92 Å². The van der Waals surface area contributed by atoms with Gasteiger partial charge in [-0.05, 0) is 54.0 Å². The van der Waals surface area contributed by atoms with E-state index in [0.717, 1.165) is 48.2 Å². The molecule has 4 rings (SSSR count). The number of fused-ring (bicyclic) bond motifs is 1. The van der Waals surface area contributed by atoms with E-state index in [1.54, 1.807) is 12.4 Å². The molecule has 3 heterocycles. The van der Waals surface area contributed by atoms with E-state index in [-0.39, 0.29) is 5.91 Å². The number of anilines is 2. The highest BCUT2D eigenvalue weighted by Crippen LogP contribution is 2.31. The van der Waals surface area contributed by atoms with Gasteiger partial charge in [0.05, 0.1) is 6.20 Å². The molecule has 1 amide bonds. The molecular formula is C22H20N6O. The Kier molecular flexibility index (Phi) is 5.16. The fraction of sp³-hybridized carbons (Fsp3) is 0.227. The first-order valence-corrected chi connectivity index (χ1v) is 9.38. The Morgan fingerprint density at radius 1 is 1.34 bits per heavy atom. The van der Waals surface area contributed by atoms with Crippen molar-refractivity contribution in [3.05, 3.63) is 60.8 Å². The number of carbonyl (C=O) groups is 1. The number of aromatic nitrogens is 4. The third kappa shape index (κ3) is 4.06. The number of benzene rings is 1. The normalized spacial score (nSPS) is 15.8. The molecule has 0 saturated carbocycles. The van der Waals surface area contributed by atoms with Gasteiger partial charge in [0.15, 0.2) is 11.5 Å². The number of nitrogens with zero attached hydrogens (tertiary/aromatic N) is 5. The summed E-state index contributed by atoms with van der Waals surface area (Å²) >= 11 is 0. The molecule has 0 unspecified atom stereocenters. The lowest BCUT2D eigenvalue weighted by Gasteiger charge is -2.19. The van der Waals surface area contributed by atoms with Crippen LogP contribution in [0, 0.1) is 18.3 Å². The summed E-state index contributed by atoms with van der Waals surface area (Å²) in [6.07, 6.45) is 11.7. The second-order valence-electron chi connectivity index (χ2n) is 6.97. The maximum absolute atomic E-state index is 11.5. The first-order chi connectivity index (χ1) is 14.2. The van der Waals surface area contributed by atoms with Gasteiger partial charge in [-0.15, -0.1) is 16.6 Å². The van der Waals surface area contributed by atoms with Gasteiger partial charge >= 0.3 is 0 Å². The lowest BCUT2D eigenvalue weighted by Crippen LogP contribution is -2.22. The number of carbonyl (C=O) groups excluding carboxylic acids is 1. The van der Waals surface area contributed by atoms with Crippen LogP contribution in [0.2, 0.25) is 0 Å². The molecular weight excluding hydrogens is 364 g/mol. The summed E-state index contributed by atoms with van der Waals surface area (Å²) in [4.78, 5) is 22.8. The van der Waals surface area contributed by atoms with Crippen LogP contribution in [0.4, 0.5) is 11.5 Å². The molecule has 2 aromatic heterocycles. The zero-order chi connectivity index (χ0) is 20.2. The van der Waals surface area contributed by atoms with Gasteiger partial charge in [-0.3, -0.25) is 4.79 Å². The van der Waals surface area contributed by atoms with Crippen LogP contribution in [0.25, 0.3) is 10.8 Å². The standard InChI is InChI=1S/C22H20N6O/c1-3-17-13-24-20(27-26-17)11-15-8-10-28(14-15)22-19-6-5-18(25-21(29)4-2)12-16(19)7-9-23-22/h1,4-7,9,12-13,15H,2,8,10-11,14H2,(H,25,29)/t15-/m0/s1. The first-order valence-electron chi connectivity index (χ1n) is 9.38. The molecule has 0 spiro atoms. The molecule has 1 aromatic carbocycles. The van der Waals surface area contributed by atoms with Crippen LogP contribution in [-0.2, 0) is 11.2 Å². The van der Waals surface area contributed by atoms with Gasteiger partial charge in [-0.2, -0.15) is 0 Å². The highest BCUT2D eigenvalue weighted by Gasteiger charge is 2.25. The van der Waals surface area contributed by atoms with Crippen LogP contribution in [0.5, 0.6) is 0 Å². The molecule has 3 aromatic rings. The molecule has 0 radical (unpaired) electrons. The van der Waals surface area contributed by atoms with Crippen LogP contribution in [0.1, 0.15) is 17.9 Å². The molecule has 1 fully saturated rings. The highest BCUT2D eigenvalue weighted by molar-refractivity contribution is 6.01. The molecule has 7 nitrogen and oxygen atoms in total. The third-order valence-electron chi connectivity index (χ3n) is 5.01. The average molecular weight is 384 g/mol. The van der Waals surface area contributed by atoms with Crippen molar-refractivity contribution in [2.75, 3.05) is 23.3 Å². The number of nitrogens with one attached hydrogen (secondary N) is 1. The zero-order valence-corrected chi connectivity index (χ0v) is 15.9. The Bertz CT molecular complexity index is 1100. The average Bonchev–Trinajstić information content (AvgIpc) is 3.22. The van der Waals surface area contributed by atoms with Gasteiger partial charge in [-0.25, -0.2) is 9.97 Å².